The number of rotatable bonds is 6. The van der Waals surface area contributed by atoms with E-state index in [1.165, 1.54) is 51.4 Å². The van der Waals surface area contributed by atoms with E-state index in [1.807, 2.05) is 4.90 Å². The van der Waals surface area contributed by atoms with Gasteiger partial charge >= 0.3 is 0 Å². The van der Waals surface area contributed by atoms with E-state index in [0.29, 0.717) is 73.0 Å². The maximum atomic E-state index is 12.9. The van der Waals surface area contributed by atoms with Crippen molar-refractivity contribution in [3.63, 3.8) is 0 Å². The van der Waals surface area contributed by atoms with E-state index in [0.717, 1.165) is 19.1 Å². The molecule has 2 spiro atoms. The molecular weight excluding hydrogens is 554 g/mol. The molecule has 13 atom stereocenters. The van der Waals surface area contributed by atoms with Gasteiger partial charge in [-0.1, -0.05) is 34.6 Å². The summed E-state index contributed by atoms with van der Waals surface area (Å²) in [6, 6.07) is 0. The van der Waals surface area contributed by atoms with Crippen LogP contribution in [0.2, 0.25) is 0 Å². The molecule has 8 rings (SSSR count). The number of morpholine rings is 1. The number of hydrogen-bond donors (Lipinski definition) is 1. The van der Waals surface area contributed by atoms with E-state index in [-0.39, 0.29) is 46.8 Å². The van der Waals surface area contributed by atoms with Crippen molar-refractivity contribution in [2.45, 2.75) is 142 Å². The zero-order chi connectivity index (χ0) is 30.9. The molecule has 0 aromatic heterocycles. The summed E-state index contributed by atoms with van der Waals surface area (Å²) in [5.41, 5.74) is 0.540. The van der Waals surface area contributed by atoms with E-state index in [9.17, 15) is 14.7 Å². The van der Waals surface area contributed by atoms with Gasteiger partial charge in [-0.15, -0.1) is 0 Å². The first-order chi connectivity index (χ1) is 20.9. The minimum absolute atomic E-state index is 0.0278. The molecule has 8 aliphatic rings. The summed E-state index contributed by atoms with van der Waals surface area (Å²) in [5.74, 6) is 2.78. The van der Waals surface area contributed by atoms with Crippen LogP contribution in [0, 0.1) is 56.7 Å². The third kappa shape index (κ3) is 3.94. The Morgan fingerprint density at radius 1 is 1.02 bits per heavy atom. The van der Waals surface area contributed by atoms with Crippen molar-refractivity contribution in [2.75, 3.05) is 19.7 Å². The monoisotopic (exact) mass is 611 g/mol. The number of aldehydes is 1. The largest absolute Gasteiger partial charge is 0.390 e. The van der Waals surface area contributed by atoms with Crippen molar-refractivity contribution in [1.82, 2.24) is 4.90 Å². The highest BCUT2D eigenvalue weighted by Crippen LogP contribution is 2.89. The number of amides is 1. The molecule has 0 aromatic rings. The number of fused-ring (bicyclic) bond motifs is 4. The van der Waals surface area contributed by atoms with Gasteiger partial charge in [0.25, 0.3) is 0 Å². The molecule has 2 aliphatic heterocycles. The molecule has 6 saturated carbocycles. The lowest BCUT2D eigenvalue weighted by Gasteiger charge is -2.64. The Kier molecular flexibility index (Phi) is 6.89. The van der Waals surface area contributed by atoms with Gasteiger partial charge in [0.1, 0.15) is 6.29 Å². The highest BCUT2D eigenvalue weighted by molar-refractivity contribution is 5.76. The number of aliphatic hydroxyl groups excluding tert-OH is 1. The fourth-order valence-corrected chi connectivity index (χ4v) is 13.7. The quantitative estimate of drug-likeness (QED) is 0.385. The standard InChI is InChI=1S/C37H57NO6/c1-22-18-24(11-16-39)43-31-30(22)34(4)13-14-37-21-36(37)12-10-27(33(2,3)25(36)8-9-26(37)35(34,5)32(31)41)44-29-20-38(15-17-42-29)28(40)19-23-6-7-23/h16,22-27,29-32,41H,6-15,17-21H2,1-5H3/t22-,24?,25+,26?,27?,29?,30+,31?,32+,34?,35?,36?,37?/m1/s1. The van der Waals surface area contributed by atoms with E-state index in [2.05, 4.69) is 34.6 Å². The molecule has 6 aliphatic carbocycles. The van der Waals surface area contributed by atoms with Crippen LogP contribution >= 0.6 is 0 Å². The molecule has 246 valence electrons. The lowest BCUT2D eigenvalue weighted by Crippen LogP contribution is -2.60. The zero-order valence-electron chi connectivity index (χ0n) is 27.9. The van der Waals surface area contributed by atoms with Crippen molar-refractivity contribution in [2.24, 2.45) is 56.7 Å². The average molecular weight is 612 g/mol. The Hall–Kier alpha value is -1.02. The van der Waals surface area contributed by atoms with Gasteiger partial charge in [0.2, 0.25) is 5.91 Å². The van der Waals surface area contributed by atoms with Crippen molar-refractivity contribution in [3.8, 4) is 0 Å². The van der Waals surface area contributed by atoms with Crippen LogP contribution in [0.15, 0.2) is 0 Å². The van der Waals surface area contributed by atoms with Crippen LogP contribution in [-0.2, 0) is 23.8 Å². The van der Waals surface area contributed by atoms with Crippen LogP contribution in [0.5, 0.6) is 0 Å². The Labute approximate surface area is 264 Å². The van der Waals surface area contributed by atoms with Crippen LogP contribution in [0.3, 0.4) is 0 Å². The van der Waals surface area contributed by atoms with Gasteiger partial charge in [-0.05, 0) is 115 Å². The number of ether oxygens (including phenoxy) is 3. The normalized spacial score (nSPS) is 53.9. The Bertz CT molecular complexity index is 1190. The topological polar surface area (TPSA) is 85.3 Å². The molecule has 2 saturated heterocycles. The predicted molar refractivity (Wildman–Crippen MR) is 165 cm³/mol. The highest BCUT2D eigenvalue weighted by Gasteiger charge is 2.84. The second kappa shape index (κ2) is 10.00. The molecule has 7 heteroatoms. The predicted octanol–water partition coefficient (Wildman–Crippen LogP) is 5.76. The Morgan fingerprint density at radius 3 is 2.52 bits per heavy atom. The van der Waals surface area contributed by atoms with Crippen molar-refractivity contribution >= 4 is 12.2 Å². The molecule has 44 heavy (non-hydrogen) atoms. The SMILES string of the molecule is C[C@@H]1CC(CC=O)OC2[C@H]1C1(C)CCC34CC35CCC(OC3CN(C(=O)CC6CC6)CCO3)C(C)(C)[C@@H]5CCC4C1(C)[C@H]2O. The highest BCUT2D eigenvalue weighted by atomic mass is 16.7. The second-order valence-electron chi connectivity index (χ2n) is 18.0. The number of aliphatic hydroxyl groups is 1. The number of carbonyl (C=O) groups is 2. The number of nitrogens with zero attached hydrogens (tertiary/aromatic N) is 1. The van der Waals surface area contributed by atoms with Crippen LogP contribution in [-0.4, -0.2) is 72.6 Å². The third-order valence-electron chi connectivity index (χ3n) is 16.0. The zero-order valence-corrected chi connectivity index (χ0v) is 27.9. The maximum absolute atomic E-state index is 12.9. The second-order valence-corrected chi connectivity index (χ2v) is 18.0. The third-order valence-corrected chi connectivity index (χ3v) is 16.0. The van der Waals surface area contributed by atoms with E-state index in [4.69, 9.17) is 14.2 Å². The first-order valence-electron chi connectivity index (χ1n) is 18.2. The molecular formula is C37H57NO6. The fourth-order valence-electron chi connectivity index (χ4n) is 13.7. The van der Waals surface area contributed by atoms with Crippen molar-refractivity contribution < 1.29 is 28.9 Å². The summed E-state index contributed by atoms with van der Waals surface area (Å²) >= 11 is 0. The first kappa shape index (κ1) is 30.3. The summed E-state index contributed by atoms with van der Waals surface area (Å²) in [6.45, 7) is 14.0. The maximum Gasteiger partial charge on any atom is 0.223 e. The summed E-state index contributed by atoms with van der Waals surface area (Å²) in [7, 11) is 0. The molecule has 8 fully saturated rings. The molecule has 2 heterocycles. The van der Waals surface area contributed by atoms with Gasteiger partial charge in [-0.3, -0.25) is 4.79 Å². The number of carbonyl (C=O) groups excluding carboxylic acids is 2. The van der Waals surface area contributed by atoms with Gasteiger partial charge < -0.3 is 29.0 Å². The minimum atomic E-state index is -0.479. The summed E-state index contributed by atoms with van der Waals surface area (Å²) in [4.78, 5) is 26.2. The van der Waals surface area contributed by atoms with E-state index >= 15 is 0 Å². The van der Waals surface area contributed by atoms with Crippen LogP contribution in [0.1, 0.15) is 112 Å². The van der Waals surface area contributed by atoms with E-state index < -0.39 is 6.10 Å². The molecule has 0 bridgehead atoms. The van der Waals surface area contributed by atoms with Gasteiger partial charge in [-0.25, -0.2) is 0 Å². The van der Waals surface area contributed by atoms with Crippen molar-refractivity contribution in [1.29, 1.82) is 0 Å². The average Bonchev–Trinajstić information content (AvgIpc) is 3.90. The molecule has 7 nitrogen and oxygen atoms in total. The Morgan fingerprint density at radius 2 is 1.77 bits per heavy atom. The van der Waals surface area contributed by atoms with Gasteiger partial charge in [-0.2, -0.15) is 0 Å². The summed E-state index contributed by atoms with van der Waals surface area (Å²) < 4.78 is 19.6. The lowest BCUT2D eigenvalue weighted by molar-refractivity contribution is -0.248. The number of hydrogen-bond acceptors (Lipinski definition) is 6. The molecule has 1 N–H and O–H groups in total. The molecule has 9 unspecified atom stereocenters. The van der Waals surface area contributed by atoms with Crippen LogP contribution < -0.4 is 0 Å². The molecule has 1 amide bonds. The smallest absolute Gasteiger partial charge is 0.223 e. The fraction of sp³-hybridized carbons (Fsp3) is 0.946. The van der Waals surface area contributed by atoms with Crippen LogP contribution in [0.25, 0.3) is 0 Å². The van der Waals surface area contributed by atoms with Gasteiger partial charge in [0.05, 0.1) is 37.6 Å². The van der Waals surface area contributed by atoms with Gasteiger partial charge in [0.15, 0.2) is 6.29 Å². The molecule has 0 aromatic carbocycles. The summed E-state index contributed by atoms with van der Waals surface area (Å²) in [6.07, 6.45) is 12.9. The molecule has 0 radical (unpaired) electrons. The Balaban J connectivity index is 1.01. The van der Waals surface area contributed by atoms with E-state index in [1.54, 1.807) is 0 Å². The minimum Gasteiger partial charge on any atom is -0.390 e. The van der Waals surface area contributed by atoms with Gasteiger partial charge in [0, 0.05) is 24.8 Å². The first-order valence-corrected chi connectivity index (χ1v) is 18.2. The van der Waals surface area contributed by atoms with Crippen molar-refractivity contribution in [3.05, 3.63) is 0 Å². The lowest BCUT2D eigenvalue weighted by atomic mass is 9.41. The van der Waals surface area contributed by atoms with Crippen LogP contribution in [0.4, 0.5) is 0 Å². The summed E-state index contributed by atoms with van der Waals surface area (Å²) in [5, 5.41) is 12.3.